The van der Waals surface area contributed by atoms with Gasteiger partial charge in [-0.2, -0.15) is 20.1 Å². The number of carboxylic acid groups (broad SMARTS) is 1. The van der Waals surface area contributed by atoms with Crippen LogP contribution in [0.25, 0.3) is 10.8 Å². The van der Waals surface area contributed by atoms with Gasteiger partial charge < -0.3 is 20.2 Å². The Morgan fingerprint density at radius 3 is 2.18 bits per heavy atom. The molecule has 324 valence electrons. The first-order valence-corrected chi connectivity index (χ1v) is 21.7. The minimum absolute atomic E-state index is 0.0219. The van der Waals surface area contributed by atoms with E-state index in [-0.39, 0.29) is 12.3 Å². The highest BCUT2D eigenvalue weighted by atomic mass is 16.4. The molecule has 2 N–H and O–H groups in total. The molecule has 65 heavy (non-hydrogen) atoms. The fraction of sp³-hybridized carbons (Fsp3) is 0.200. The van der Waals surface area contributed by atoms with Gasteiger partial charge in [-0.3, -0.25) is 9.59 Å². The number of nitriles is 1. The number of anilines is 3. The largest absolute Gasteiger partial charge is 0.481 e. The zero-order chi connectivity index (χ0) is 45.9. The predicted octanol–water partition coefficient (Wildman–Crippen LogP) is 12.0. The van der Waals surface area contributed by atoms with Crippen LogP contribution in [0.15, 0.2) is 179 Å². The average molecular weight is 859 g/mol. The van der Waals surface area contributed by atoms with Crippen LogP contribution < -0.4 is 15.1 Å². The molecule has 0 radical (unpaired) electrons. The Kier molecular flexibility index (Phi) is 12.2. The Morgan fingerprint density at radius 1 is 0.846 bits per heavy atom. The van der Waals surface area contributed by atoms with Crippen LogP contribution in [0, 0.1) is 11.3 Å². The average Bonchev–Trinajstić information content (AvgIpc) is 3.66. The first-order chi connectivity index (χ1) is 31.3. The van der Waals surface area contributed by atoms with E-state index in [2.05, 4.69) is 101 Å². The number of nitrogens with zero attached hydrogens (tertiary/aromatic N) is 6. The monoisotopic (exact) mass is 858 g/mol. The van der Waals surface area contributed by atoms with Gasteiger partial charge in [-0.15, -0.1) is 0 Å². The van der Waals surface area contributed by atoms with Crippen molar-refractivity contribution in [1.82, 2.24) is 0 Å². The van der Waals surface area contributed by atoms with Crippen LogP contribution >= 0.6 is 0 Å². The summed E-state index contributed by atoms with van der Waals surface area (Å²) in [7, 11) is 6.03. The van der Waals surface area contributed by atoms with Crippen LogP contribution in [0.5, 0.6) is 0 Å². The third-order valence-electron chi connectivity index (χ3n) is 12.6. The molecule has 1 unspecified atom stereocenters. The normalized spacial score (nSPS) is 17.2. The van der Waals surface area contributed by atoms with Crippen LogP contribution in [-0.4, -0.2) is 55.0 Å². The van der Waals surface area contributed by atoms with E-state index in [1.54, 1.807) is 0 Å². The van der Waals surface area contributed by atoms with Crippen molar-refractivity contribution in [2.75, 3.05) is 42.8 Å². The SMILES string of the molecule is CN(C)c1ccc(N=Nc2ccc(NC(=O)c3ccc(CC4(C)\C(=C/C=C(C#N)/C=C/C5=[N+](CCC(=O)O)c6ccc7ccccc7c6C5(C)C)N(C)c5ccccc54)cc3)cc2)cc1. The number of carbonyl (C=O) groups is 2. The molecule has 2 aliphatic rings. The Balaban J connectivity index is 1.01. The molecule has 0 bridgehead atoms. The maximum Gasteiger partial charge on any atom is 0.309 e. The van der Waals surface area contributed by atoms with Crippen LogP contribution in [0.3, 0.4) is 0 Å². The molecule has 6 aromatic carbocycles. The Hall–Kier alpha value is -7.90. The molecule has 8 rings (SSSR count). The van der Waals surface area contributed by atoms with Gasteiger partial charge in [-0.1, -0.05) is 54.6 Å². The highest BCUT2D eigenvalue weighted by molar-refractivity contribution is 6.08. The van der Waals surface area contributed by atoms with E-state index >= 15 is 0 Å². The van der Waals surface area contributed by atoms with E-state index in [0.29, 0.717) is 35.5 Å². The second kappa shape index (κ2) is 18.1. The number of fused-ring (bicyclic) bond motifs is 4. The van der Waals surface area contributed by atoms with Crippen molar-refractivity contribution in [2.24, 2.45) is 10.2 Å². The summed E-state index contributed by atoms with van der Waals surface area (Å²) in [4.78, 5) is 29.4. The number of azo groups is 1. The fourth-order valence-corrected chi connectivity index (χ4v) is 9.23. The van der Waals surface area contributed by atoms with Gasteiger partial charge in [0.25, 0.3) is 5.91 Å². The molecule has 0 saturated carbocycles. The lowest BCUT2D eigenvalue weighted by Gasteiger charge is -2.29. The van der Waals surface area contributed by atoms with Gasteiger partial charge in [0.15, 0.2) is 12.3 Å². The number of carbonyl (C=O) groups excluding carboxylic acids is 1. The molecule has 0 saturated heterocycles. The standard InChI is InChI=1S/C55H51N7O3/c1-54(2)49(62(34-33-51(63)64)48-30-21-39-11-7-8-12-45(39)52(48)54)31-17-38(36-56)18-32-50-55(3,46-13-9-10-14-47(46)61(50)6)35-37-15-19-40(20-16-37)53(65)57-41-22-24-42(25-23-41)58-59-43-26-28-44(29-27-43)60(4)5/h7-32H,33-35H2,1-6H3,(H-,57,59,63,64,65)/p+1. The van der Waals surface area contributed by atoms with Crippen LogP contribution in [0.2, 0.25) is 0 Å². The molecule has 1 amide bonds. The highest BCUT2D eigenvalue weighted by Crippen LogP contribution is 2.49. The van der Waals surface area contributed by atoms with Gasteiger partial charge in [0.05, 0.1) is 28.4 Å². The van der Waals surface area contributed by atoms with Crippen molar-refractivity contribution in [3.63, 3.8) is 0 Å². The summed E-state index contributed by atoms with van der Waals surface area (Å²) in [6.45, 7) is 6.85. The van der Waals surface area contributed by atoms with E-state index in [0.717, 1.165) is 56.1 Å². The number of amides is 1. The Bertz CT molecular complexity index is 3010. The lowest BCUT2D eigenvalue weighted by atomic mass is 9.76. The number of rotatable bonds is 13. The van der Waals surface area contributed by atoms with Gasteiger partial charge in [0, 0.05) is 72.6 Å². The minimum atomic E-state index is -0.864. The summed E-state index contributed by atoms with van der Waals surface area (Å²) in [6, 6.07) is 46.0. The lowest BCUT2D eigenvalue weighted by Crippen LogP contribution is -2.29. The molecule has 0 aromatic heterocycles. The van der Waals surface area contributed by atoms with Gasteiger partial charge in [-0.05, 0) is 140 Å². The van der Waals surface area contributed by atoms with Gasteiger partial charge in [0.1, 0.15) is 6.42 Å². The van der Waals surface area contributed by atoms with Crippen LogP contribution in [0.4, 0.5) is 34.1 Å². The molecule has 0 spiro atoms. The number of para-hydroxylation sites is 1. The third kappa shape index (κ3) is 8.86. The minimum Gasteiger partial charge on any atom is -0.481 e. The number of nitrogens with one attached hydrogen (secondary N) is 1. The summed E-state index contributed by atoms with van der Waals surface area (Å²) >= 11 is 0. The van der Waals surface area contributed by atoms with E-state index in [1.807, 2.05) is 134 Å². The number of aliphatic carboxylic acids is 1. The quantitative estimate of drug-likeness (QED) is 0.0516. The summed E-state index contributed by atoms with van der Waals surface area (Å²) in [6.07, 6.45) is 8.35. The lowest BCUT2D eigenvalue weighted by molar-refractivity contribution is -0.436. The number of allylic oxidation sites excluding steroid dienone is 6. The second-order valence-corrected chi connectivity index (χ2v) is 17.5. The number of carboxylic acids is 1. The first kappa shape index (κ1) is 43.7. The Labute approximate surface area is 380 Å². The maximum absolute atomic E-state index is 13.4. The summed E-state index contributed by atoms with van der Waals surface area (Å²) in [5, 5.41) is 34.1. The van der Waals surface area contributed by atoms with Crippen molar-refractivity contribution in [2.45, 2.75) is 44.4 Å². The molecule has 10 heteroatoms. The molecule has 10 nitrogen and oxygen atoms in total. The number of benzene rings is 6. The number of hydrogen-bond acceptors (Lipinski definition) is 7. The van der Waals surface area contributed by atoms with Crippen molar-refractivity contribution >= 4 is 62.5 Å². The van der Waals surface area contributed by atoms with Crippen molar-refractivity contribution < 1.29 is 19.3 Å². The van der Waals surface area contributed by atoms with Crippen molar-refractivity contribution in [1.29, 1.82) is 5.26 Å². The third-order valence-corrected chi connectivity index (χ3v) is 12.6. The molecule has 0 fully saturated rings. The van der Waals surface area contributed by atoms with Crippen LogP contribution in [0.1, 0.15) is 54.2 Å². The van der Waals surface area contributed by atoms with Crippen molar-refractivity contribution in [3.8, 4) is 6.07 Å². The maximum atomic E-state index is 13.4. The zero-order valence-corrected chi connectivity index (χ0v) is 37.6. The topological polar surface area (TPSA) is 124 Å². The van der Waals surface area contributed by atoms with E-state index in [9.17, 15) is 20.0 Å². The van der Waals surface area contributed by atoms with E-state index in [4.69, 9.17) is 0 Å². The zero-order valence-electron chi connectivity index (χ0n) is 37.6. The summed E-state index contributed by atoms with van der Waals surface area (Å²) < 4.78 is 2.09. The van der Waals surface area contributed by atoms with Gasteiger partial charge in [0.2, 0.25) is 5.69 Å². The first-order valence-electron chi connectivity index (χ1n) is 21.7. The smallest absolute Gasteiger partial charge is 0.309 e. The molecule has 6 aromatic rings. The second-order valence-electron chi connectivity index (χ2n) is 17.5. The van der Waals surface area contributed by atoms with Crippen LogP contribution in [-0.2, 0) is 22.0 Å². The predicted molar refractivity (Wildman–Crippen MR) is 262 cm³/mol. The molecule has 0 aliphatic carbocycles. The van der Waals surface area contributed by atoms with E-state index in [1.165, 1.54) is 5.56 Å². The summed E-state index contributed by atoms with van der Waals surface area (Å²) in [5.41, 5.74) is 10.7. The number of hydrogen-bond donors (Lipinski definition) is 2. The molecule has 2 heterocycles. The molecule has 1 atom stereocenters. The van der Waals surface area contributed by atoms with Gasteiger partial charge in [-0.25, -0.2) is 0 Å². The number of likely N-dealkylation sites (N-methyl/N-ethyl adjacent to an activating group) is 1. The molecular weight excluding hydrogens is 807 g/mol. The molecule has 2 aliphatic heterocycles. The molecular formula is C55H52N7O3+. The fourth-order valence-electron chi connectivity index (χ4n) is 9.23. The van der Waals surface area contributed by atoms with E-state index < -0.39 is 16.8 Å². The van der Waals surface area contributed by atoms with Crippen molar-refractivity contribution in [3.05, 3.63) is 191 Å². The summed E-state index contributed by atoms with van der Waals surface area (Å²) in [5.74, 6) is -1.08. The highest BCUT2D eigenvalue weighted by Gasteiger charge is 2.46. The van der Waals surface area contributed by atoms with Gasteiger partial charge >= 0.3 is 5.97 Å². The Morgan fingerprint density at radius 2 is 1.51 bits per heavy atom.